The monoisotopic (exact) mass is 308 g/mol. The molecular weight excluding hydrogens is 290 g/mol. The highest BCUT2D eigenvalue weighted by atomic mass is 19.2. The van der Waals surface area contributed by atoms with E-state index in [1.807, 2.05) is 19.1 Å². The lowest BCUT2D eigenvalue weighted by atomic mass is 10.2. The number of halogens is 2. The summed E-state index contributed by atoms with van der Waals surface area (Å²) in [4.78, 5) is 4.23. The molecule has 2 N–H and O–H groups in total. The average molecular weight is 308 g/mol. The number of benzene rings is 1. The molecule has 22 heavy (non-hydrogen) atoms. The summed E-state index contributed by atoms with van der Waals surface area (Å²) in [6.45, 7) is 2.78. The molecule has 0 aliphatic heterocycles. The predicted octanol–water partition coefficient (Wildman–Crippen LogP) is 2.20. The average Bonchev–Trinajstić information content (AvgIpc) is 2.50. The van der Waals surface area contributed by atoms with Crippen LogP contribution in [0.2, 0.25) is 0 Å². The first-order valence-electron chi connectivity index (χ1n) is 6.93. The van der Waals surface area contributed by atoms with Crippen molar-refractivity contribution in [1.29, 1.82) is 0 Å². The fourth-order valence-corrected chi connectivity index (χ4v) is 1.79. The van der Waals surface area contributed by atoms with E-state index in [1.165, 1.54) is 6.07 Å². The maximum atomic E-state index is 13.0. The lowest BCUT2D eigenvalue weighted by Gasteiger charge is -2.13. The molecular formula is C16H18F2N2O2. The Kier molecular flexibility index (Phi) is 5.80. The normalized spacial score (nSPS) is 12.2. The molecule has 1 aromatic heterocycles. The van der Waals surface area contributed by atoms with Gasteiger partial charge >= 0.3 is 0 Å². The molecule has 0 amide bonds. The summed E-state index contributed by atoms with van der Waals surface area (Å²) in [5, 5.41) is 12.8. The summed E-state index contributed by atoms with van der Waals surface area (Å²) in [6, 6.07) is 7.12. The van der Waals surface area contributed by atoms with Crippen molar-refractivity contribution in [2.24, 2.45) is 0 Å². The zero-order valence-electron chi connectivity index (χ0n) is 12.2. The van der Waals surface area contributed by atoms with Crippen molar-refractivity contribution in [3.05, 3.63) is 59.4 Å². The summed E-state index contributed by atoms with van der Waals surface area (Å²) >= 11 is 0. The third kappa shape index (κ3) is 5.05. The van der Waals surface area contributed by atoms with Gasteiger partial charge in [-0.3, -0.25) is 4.98 Å². The Balaban J connectivity index is 1.70. The highest BCUT2D eigenvalue weighted by molar-refractivity contribution is 5.23. The maximum Gasteiger partial charge on any atom is 0.162 e. The number of aliphatic hydroxyl groups is 1. The lowest BCUT2D eigenvalue weighted by molar-refractivity contribution is 0.106. The number of hydrogen-bond acceptors (Lipinski definition) is 4. The Morgan fingerprint density at radius 2 is 2.05 bits per heavy atom. The summed E-state index contributed by atoms with van der Waals surface area (Å²) < 4.78 is 30.9. The van der Waals surface area contributed by atoms with Gasteiger partial charge in [0.25, 0.3) is 0 Å². The minimum absolute atomic E-state index is 0.0145. The number of hydrogen-bond donors (Lipinski definition) is 2. The van der Waals surface area contributed by atoms with Gasteiger partial charge in [-0.2, -0.15) is 0 Å². The van der Waals surface area contributed by atoms with Crippen LogP contribution in [0, 0.1) is 18.6 Å². The molecule has 1 atom stereocenters. The minimum Gasteiger partial charge on any atom is -0.491 e. The van der Waals surface area contributed by atoms with Gasteiger partial charge in [0.15, 0.2) is 11.6 Å². The Bertz CT molecular complexity index is 606. The Hall–Kier alpha value is -2.05. The van der Waals surface area contributed by atoms with Crippen molar-refractivity contribution in [3.8, 4) is 5.75 Å². The van der Waals surface area contributed by atoms with Crippen LogP contribution in [-0.4, -0.2) is 29.3 Å². The molecule has 0 fully saturated rings. The van der Waals surface area contributed by atoms with Gasteiger partial charge in [-0.25, -0.2) is 8.78 Å². The van der Waals surface area contributed by atoms with Gasteiger partial charge in [-0.05, 0) is 30.7 Å². The van der Waals surface area contributed by atoms with Crippen molar-refractivity contribution in [2.75, 3.05) is 13.2 Å². The number of nitrogens with zero attached hydrogens (tertiary/aromatic N) is 1. The fourth-order valence-electron chi connectivity index (χ4n) is 1.79. The van der Waals surface area contributed by atoms with Gasteiger partial charge in [-0.15, -0.1) is 0 Å². The summed E-state index contributed by atoms with van der Waals surface area (Å²) in [7, 11) is 0. The highest BCUT2D eigenvalue weighted by Gasteiger charge is 2.07. The molecule has 0 bridgehead atoms. The molecule has 118 valence electrons. The summed E-state index contributed by atoms with van der Waals surface area (Å²) in [6.07, 6.45) is 1.01. The molecule has 6 heteroatoms. The number of aryl methyl sites for hydroxylation is 1. The van der Waals surface area contributed by atoms with Crippen LogP contribution in [0.4, 0.5) is 8.78 Å². The van der Waals surface area contributed by atoms with Crippen LogP contribution in [-0.2, 0) is 6.54 Å². The third-order valence-electron chi connectivity index (χ3n) is 2.99. The topological polar surface area (TPSA) is 54.4 Å². The molecule has 0 aliphatic carbocycles. The highest BCUT2D eigenvalue weighted by Crippen LogP contribution is 2.15. The second-order valence-corrected chi connectivity index (χ2v) is 5.00. The largest absolute Gasteiger partial charge is 0.491 e. The van der Waals surface area contributed by atoms with E-state index in [2.05, 4.69) is 10.3 Å². The lowest BCUT2D eigenvalue weighted by Crippen LogP contribution is -2.31. The van der Waals surface area contributed by atoms with E-state index < -0.39 is 17.7 Å². The fraction of sp³-hybridized carbons (Fsp3) is 0.312. The van der Waals surface area contributed by atoms with Gasteiger partial charge in [0, 0.05) is 25.4 Å². The molecule has 1 heterocycles. The third-order valence-corrected chi connectivity index (χ3v) is 2.99. The van der Waals surface area contributed by atoms with E-state index in [0.29, 0.717) is 13.1 Å². The first-order chi connectivity index (χ1) is 10.5. The van der Waals surface area contributed by atoms with E-state index in [4.69, 9.17) is 4.74 Å². The predicted molar refractivity (Wildman–Crippen MR) is 78.5 cm³/mol. The van der Waals surface area contributed by atoms with Gasteiger partial charge < -0.3 is 15.2 Å². The van der Waals surface area contributed by atoms with Crippen LogP contribution in [0.1, 0.15) is 11.3 Å². The van der Waals surface area contributed by atoms with Crippen LogP contribution in [0.5, 0.6) is 5.75 Å². The Labute approximate surface area is 127 Å². The number of rotatable bonds is 7. The molecule has 4 nitrogen and oxygen atoms in total. The number of nitrogens with one attached hydrogen (secondary N) is 1. The van der Waals surface area contributed by atoms with Crippen molar-refractivity contribution in [2.45, 2.75) is 19.6 Å². The van der Waals surface area contributed by atoms with Crippen LogP contribution < -0.4 is 10.1 Å². The van der Waals surface area contributed by atoms with E-state index >= 15 is 0 Å². The Morgan fingerprint density at radius 1 is 1.23 bits per heavy atom. The SMILES string of the molecule is Cc1ccc(CNCC(O)COc2ccc(F)c(F)c2)nc1. The first kappa shape index (κ1) is 16.3. The Morgan fingerprint density at radius 3 is 2.73 bits per heavy atom. The molecule has 0 aliphatic rings. The zero-order chi connectivity index (χ0) is 15.9. The quantitative estimate of drug-likeness (QED) is 0.823. The van der Waals surface area contributed by atoms with Crippen molar-refractivity contribution >= 4 is 0 Å². The van der Waals surface area contributed by atoms with E-state index in [-0.39, 0.29) is 12.4 Å². The van der Waals surface area contributed by atoms with Crippen molar-refractivity contribution < 1.29 is 18.6 Å². The minimum atomic E-state index is -0.976. The molecule has 0 radical (unpaired) electrons. The van der Waals surface area contributed by atoms with E-state index in [1.54, 1.807) is 6.20 Å². The van der Waals surface area contributed by atoms with Gasteiger partial charge in [-0.1, -0.05) is 6.07 Å². The second kappa shape index (κ2) is 7.82. The van der Waals surface area contributed by atoms with Gasteiger partial charge in [0.05, 0.1) is 5.69 Å². The number of aromatic nitrogens is 1. The molecule has 0 spiro atoms. The maximum absolute atomic E-state index is 13.0. The van der Waals surface area contributed by atoms with E-state index in [0.717, 1.165) is 23.4 Å². The standard InChI is InChI=1S/C16H18F2N2O2/c1-11-2-3-12(20-7-11)8-19-9-13(21)10-22-14-4-5-15(17)16(18)6-14/h2-7,13,19,21H,8-10H2,1H3. The molecule has 0 saturated carbocycles. The summed E-state index contributed by atoms with van der Waals surface area (Å²) in [5.41, 5.74) is 1.96. The van der Waals surface area contributed by atoms with Gasteiger partial charge in [0.2, 0.25) is 0 Å². The number of aliphatic hydroxyl groups excluding tert-OH is 1. The smallest absolute Gasteiger partial charge is 0.162 e. The molecule has 2 aromatic rings. The molecule has 2 rings (SSSR count). The van der Waals surface area contributed by atoms with E-state index in [9.17, 15) is 13.9 Å². The van der Waals surface area contributed by atoms with Crippen LogP contribution >= 0.6 is 0 Å². The number of pyridine rings is 1. The summed E-state index contributed by atoms with van der Waals surface area (Å²) in [5.74, 6) is -1.73. The van der Waals surface area contributed by atoms with Crippen molar-refractivity contribution in [1.82, 2.24) is 10.3 Å². The number of ether oxygens (including phenoxy) is 1. The van der Waals surface area contributed by atoms with Gasteiger partial charge in [0.1, 0.15) is 18.5 Å². The van der Waals surface area contributed by atoms with Crippen molar-refractivity contribution in [3.63, 3.8) is 0 Å². The molecule has 0 saturated heterocycles. The van der Waals surface area contributed by atoms with Crippen LogP contribution in [0.3, 0.4) is 0 Å². The zero-order valence-corrected chi connectivity index (χ0v) is 12.2. The molecule has 1 unspecified atom stereocenters. The first-order valence-corrected chi connectivity index (χ1v) is 6.93. The second-order valence-electron chi connectivity index (χ2n) is 5.00. The van der Waals surface area contributed by atoms with Crippen LogP contribution in [0.15, 0.2) is 36.5 Å². The van der Waals surface area contributed by atoms with Crippen LogP contribution in [0.25, 0.3) is 0 Å². The molecule has 1 aromatic carbocycles.